The molecule has 0 aromatic heterocycles. The monoisotopic (exact) mass is 474 g/mol. The largest absolute Gasteiger partial charge is 0.492 e. The van der Waals surface area contributed by atoms with Crippen molar-refractivity contribution in [2.75, 3.05) is 30.0 Å². The first-order chi connectivity index (χ1) is 16.8. The Bertz CT molecular complexity index is 1200. The van der Waals surface area contributed by atoms with Crippen LogP contribution in [0.5, 0.6) is 17.2 Å². The van der Waals surface area contributed by atoms with Gasteiger partial charge in [0.1, 0.15) is 23.9 Å². The van der Waals surface area contributed by atoms with E-state index in [0.29, 0.717) is 36.0 Å². The summed E-state index contributed by atoms with van der Waals surface area (Å²) in [5, 5.41) is 2.85. The molecular weight excluding hydrogens is 444 g/mol. The minimum atomic E-state index is -0.604. The molecule has 0 saturated heterocycles. The van der Waals surface area contributed by atoms with Crippen molar-refractivity contribution in [2.24, 2.45) is 0 Å². The van der Waals surface area contributed by atoms with Crippen LogP contribution < -0.4 is 24.4 Å². The smallest absolute Gasteiger partial charge is 0.267 e. The van der Waals surface area contributed by atoms with Gasteiger partial charge in [0.2, 0.25) is 0 Å². The van der Waals surface area contributed by atoms with Crippen molar-refractivity contribution in [1.82, 2.24) is 0 Å². The Morgan fingerprint density at radius 2 is 1.71 bits per heavy atom. The quantitative estimate of drug-likeness (QED) is 0.506. The fourth-order valence-corrected chi connectivity index (χ4v) is 3.97. The van der Waals surface area contributed by atoms with Crippen LogP contribution in [0.1, 0.15) is 23.6 Å². The number of para-hydroxylation sites is 1. The average Bonchev–Trinajstić information content (AvgIpc) is 2.83. The molecule has 0 bridgehead atoms. The Balaban J connectivity index is 1.42. The van der Waals surface area contributed by atoms with Gasteiger partial charge >= 0.3 is 0 Å². The predicted octanol–water partition coefficient (Wildman–Crippen LogP) is 4.82. The van der Waals surface area contributed by atoms with E-state index in [1.165, 1.54) is 0 Å². The first kappa shape index (κ1) is 24.1. The number of carbonyl (C=O) groups is 2. The van der Waals surface area contributed by atoms with Crippen LogP contribution >= 0.6 is 0 Å². The topological polar surface area (TPSA) is 77.1 Å². The second-order valence-corrected chi connectivity index (χ2v) is 8.65. The van der Waals surface area contributed by atoms with Crippen molar-refractivity contribution in [3.8, 4) is 17.2 Å². The number of ether oxygens (including phenoxy) is 3. The van der Waals surface area contributed by atoms with E-state index in [-0.39, 0.29) is 18.4 Å². The lowest BCUT2D eigenvalue weighted by Crippen LogP contribution is -2.46. The van der Waals surface area contributed by atoms with Gasteiger partial charge in [-0.05, 0) is 69.2 Å². The fourth-order valence-electron chi connectivity index (χ4n) is 3.97. The summed E-state index contributed by atoms with van der Waals surface area (Å²) in [5.74, 6) is 1.58. The van der Waals surface area contributed by atoms with Gasteiger partial charge in [-0.25, -0.2) is 0 Å². The summed E-state index contributed by atoms with van der Waals surface area (Å²) in [4.78, 5) is 27.1. The first-order valence-corrected chi connectivity index (χ1v) is 11.6. The fraction of sp³-hybridized carbons (Fsp3) is 0.286. The van der Waals surface area contributed by atoms with Crippen LogP contribution in [0.25, 0.3) is 0 Å². The summed E-state index contributed by atoms with van der Waals surface area (Å²) in [6.45, 7) is 8.17. The highest BCUT2D eigenvalue weighted by molar-refractivity contribution is 6.01. The molecule has 35 heavy (non-hydrogen) atoms. The Morgan fingerprint density at radius 1 is 1.00 bits per heavy atom. The third kappa shape index (κ3) is 5.74. The number of benzene rings is 3. The molecular formula is C28H30N2O5. The summed E-state index contributed by atoms with van der Waals surface area (Å²) in [6, 6.07) is 18.8. The summed E-state index contributed by atoms with van der Waals surface area (Å²) in [7, 11) is 0. The van der Waals surface area contributed by atoms with Gasteiger partial charge in [0.25, 0.3) is 11.8 Å². The SMILES string of the molecule is Cc1ccc(OCCN2C(=O)C(C)Oc3ccc(NC(=O)COc4c(C)cccc4C)cc32)cc1. The molecule has 3 aromatic carbocycles. The standard InChI is InChI=1S/C28H30N2O5/c1-18-8-11-23(12-9-18)33-15-14-30-24-16-22(10-13-25(24)35-21(4)28(30)32)29-26(31)17-34-27-19(2)6-5-7-20(27)3/h5-13,16,21H,14-15,17H2,1-4H3,(H,29,31). The number of fused-ring (bicyclic) bond motifs is 1. The van der Waals surface area contributed by atoms with Crippen molar-refractivity contribution in [3.63, 3.8) is 0 Å². The molecule has 1 N–H and O–H groups in total. The molecule has 0 radical (unpaired) electrons. The number of nitrogens with one attached hydrogen (secondary N) is 1. The average molecular weight is 475 g/mol. The van der Waals surface area contributed by atoms with Crippen LogP contribution in [-0.2, 0) is 9.59 Å². The molecule has 1 aliphatic heterocycles. The lowest BCUT2D eigenvalue weighted by molar-refractivity contribution is -0.125. The molecule has 1 heterocycles. The van der Waals surface area contributed by atoms with Gasteiger partial charge in [0.15, 0.2) is 12.7 Å². The molecule has 2 amide bonds. The maximum absolute atomic E-state index is 12.9. The number of anilines is 2. The van der Waals surface area contributed by atoms with Crippen molar-refractivity contribution in [2.45, 2.75) is 33.8 Å². The second kappa shape index (κ2) is 10.5. The molecule has 1 atom stereocenters. The van der Waals surface area contributed by atoms with Crippen LogP contribution in [0.15, 0.2) is 60.7 Å². The van der Waals surface area contributed by atoms with Crippen LogP contribution in [0.4, 0.5) is 11.4 Å². The van der Waals surface area contributed by atoms with Crippen molar-refractivity contribution in [1.29, 1.82) is 0 Å². The summed E-state index contributed by atoms with van der Waals surface area (Å²) >= 11 is 0. The molecule has 0 saturated carbocycles. The van der Waals surface area contributed by atoms with E-state index in [9.17, 15) is 9.59 Å². The number of hydrogen-bond acceptors (Lipinski definition) is 5. The van der Waals surface area contributed by atoms with Gasteiger partial charge < -0.3 is 24.4 Å². The molecule has 0 spiro atoms. The number of hydrogen-bond donors (Lipinski definition) is 1. The van der Waals surface area contributed by atoms with E-state index >= 15 is 0 Å². The molecule has 3 aromatic rings. The van der Waals surface area contributed by atoms with Gasteiger partial charge in [-0.3, -0.25) is 9.59 Å². The van der Waals surface area contributed by atoms with E-state index in [4.69, 9.17) is 14.2 Å². The lowest BCUT2D eigenvalue weighted by atomic mass is 10.1. The molecule has 0 aliphatic carbocycles. The Hall–Kier alpha value is -4.00. The maximum Gasteiger partial charge on any atom is 0.267 e. The number of nitrogens with zero attached hydrogens (tertiary/aromatic N) is 1. The third-order valence-corrected chi connectivity index (χ3v) is 5.81. The lowest BCUT2D eigenvalue weighted by Gasteiger charge is -2.33. The van der Waals surface area contributed by atoms with E-state index in [2.05, 4.69) is 5.32 Å². The summed E-state index contributed by atoms with van der Waals surface area (Å²) in [5.41, 5.74) is 4.24. The van der Waals surface area contributed by atoms with E-state index in [1.807, 2.05) is 63.2 Å². The van der Waals surface area contributed by atoms with E-state index < -0.39 is 6.10 Å². The zero-order valence-electron chi connectivity index (χ0n) is 20.5. The summed E-state index contributed by atoms with van der Waals surface area (Å²) < 4.78 is 17.4. The number of rotatable bonds is 8. The second-order valence-electron chi connectivity index (χ2n) is 8.65. The molecule has 7 nitrogen and oxygen atoms in total. The Labute approximate surface area is 205 Å². The Morgan fingerprint density at radius 3 is 2.43 bits per heavy atom. The van der Waals surface area contributed by atoms with Gasteiger partial charge in [-0.2, -0.15) is 0 Å². The highest BCUT2D eigenvalue weighted by atomic mass is 16.5. The number of carbonyl (C=O) groups excluding carboxylic acids is 2. The van der Waals surface area contributed by atoms with Gasteiger partial charge in [-0.15, -0.1) is 0 Å². The van der Waals surface area contributed by atoms with Gasteiger partial charge in [0.05, 0.1) is 12.2 Å². The summed E-state index contributed by atoms with van der Waals surface area (Å²) in [6.07, 6.45) is -0.604. The van der Waals surface area contributed by atoms with Crippen molar-refractivity contribution in [3.05, 3.63) is 77.4 Å². The zero-order chi connectivity index (χ0) is 24.9. The Kier molecular flexibility index (Phi) is 7.25. The zero-order valence-corrected chi connectivity index (χ0v) is 20.5. The number of amides is 2. The molecule has 0 fully saturated rings. The predicted molar refractivity (Wildman–Crippen MR) is 136 cm³/mol. The maximum atomic E-state index is 12.9. The minimum absolute atomic E-state index is 0.122. The van der Waals surface area contributed by atoms with Crippen molar-refractivity contribution < 1.29 is 23.8 Å². The molecule has 182 valence electrons. The highest BCUT2D eigenvalue weighted by Crippen LogP contribution is 2.36. The van der Waals surface area contributed by atoms with Crippen LogP contribution in [0.3, 0.4) is 0 Å². The molecule has 7 heteroatoms. The first-order valence-electron chi connectivity index (χ1n) is 11.6. The normalized spacial score (nSPS) is 14.7. The van der Waals surface area contributed by atoms with Crippen molar-refractivity contribution >= 4 is 23.2 Å². The van der Waals surface area contributed by atoms with Crippen LogP contribution in [0.2, 0.25) is 0 Å². The van der Waals surface area contributed by atoms with E-state index in [1.54, 1.807) is 30.0 Å². The third-order valence-electron chi connectivity index (χ3n) is 5.81. The molecule has 1 unspecified atom stereocenters. The highest BCUT2D eigenvalue weighted by Gasteiger charge is 2.31. The minimum Gasteiger partial charge on any atom is -0.492 e. The number of aryl methyl sites for hydroxylation is 3. The van der Waals surface area contributed by atoms with Gasteiger partial charge in [-0.1, -0.05) is 35.9 Å². The molecule has 4 rings (SSSR count). The van der Waals surface area contributed by atoms with Crippen LogP contribution in [0, 0.1) is 20.8 Å². The van der Waals surface area contributed by atoms with Gasteiger partial charge in [0, 0.05) is 5.69 Å². The molecule has 1 aliphatic rings. The van der Waals surface area contributed by atoms with E-state index in [0.717, 1.165) is 22.4 Å². The van der Waals surface area contributed by atoms with Crippen LogP contribution in [-0.4, -0.2) is 37.7 Å².